The molecule has 3 aromatic carbocycles. The van der Waals surface area contributed by atoms with Crippen LogP contribution >= 0.6 is 0 Å². The molecule has 144 valence electrons. The van der Waals surface area contributed by atoms with E-state index in [9.17, 15) is 22.8 Å². The third-order valence-electron chi connectivity index (χ3n) is 4.28. The van der Waals surface area contributed by atoms with Gasteiger partial charge in [-0.2, -0.15) is 0 Å². The Morgan fingerprint density at radius 3 is 2.25 bits per heavy atom. The zero-order valence-electron chi connectivity index (χ0n) is 14.8. The van der Waals surface area contributed by atoms with Gasteiger partial charge in [0.1, 0.15) is 29.1 Å². The molecular formula is C21H16F3NO3. The van der Waals surface area contributed by atoms with Crippen molar-refractivity contribution < 1.29 is 27.5 Å². The Morgan fingerprint density at radius 2 is 1.61 bits per heavy atom. The Bertz CT molecular complexity index is 1030. The highest BCUT2D eigenvalue weighted by molar-refractivity contribution is 5.97. The lowest BCUT2D eigenvalue weighted by Crippen LogP contribution is -2.43. The van der Waals surface area contributed by atoms with Crippen LogP contribution in [0.5, 0.6) is 0 Å². The quantitative estimate of drug-likeness (QED) is 0.678. The second-order valence-electron chi connectivity index (χ2n) is 6.18. The standard InChI is InChI=1S/C21H16F3NO3/c1-28-21(27)18(9-12-6-7-13-4-2-3-5-14(13)8-12)25-20(26)19-16(23)10-15(22)11-17(19)24/h2-8,10-11,18H,9H2,1H3,(H,25,26)/t18-/m1/s1. The van der Waals surface area contributed by atoms with Crippen molar-refractivity contribution >= 4 is 22.6 Å². The van der Waals surface area contributed by atoms with E-state index in [0.717, 1.165) is 23.4 Å². The fourth-order valence-corrected chi connectivity index (χ4v) is 2.93. The zero-order valence-corrected chi connectivity index (χ0v) is 14.8. The van der Waals surface area contributed by atoms with Crippen molar-refractivity contribution in [2.24, 2.45) is 0 Å². The Morgan fingerprint density at radius 1 is 0.964 bits per heavy atom. The van der Waals surface area contributed by atoms with Crippen LogP contribution in [0.15, 0.2) is 54.6 Å². The lowest BCUT2D eigenvalue weighted by atomic mass is 10.0. The average molecular weight is 387 g/mol. The number of fused-ring (bicyclic) bond motifs is 1. The van der Waals surface area contributed by atoms with Crippen molar-refractivity contribution in [1.82, 2.24) is 5.32 Å². The van der Waals surface area contributed by atoms with Gasteiger partial charge in [0, 0.05) is 18.6 Å². The molecule has 0 aliphatic carbocycles. The van der Waals surface area contributed by atoms with Crippen LogP contribution in [0.3, 0.4) is 0 Å². The number of halogens is 3. The van der Waals surface area contributed by atoms with Crippen LogP contribution in [0.25, 0.3) is 10.8 Å². The SMILES string of the molecule is COC(=O)[C@@H](Cc1ccc2ccccc2c1)NC(=O)c1c(F)cc(F)cc1F. The number of hydrogen-bond acceptors (Lipinski definition) is 3. The summed E-state index contributed by atoms with van der Waals surface area (Å²) in [6, 6.07) is 12.7. The molecule has 28 heavy (non-hydrogen) atoms. The highest BCUT2D eigenvalue weighted by Gasteiger charge is 2.26. The van der Waals surface area contributed by atoms with Crippen LogP contribution in [0, 0.1) is 17.5 Å². The average Bonchev–Trinajstić information content (AvgIpc) is 2.66. The maximum Gasteiger partial charge on any atom is 0.328 e. The third-order valence-corrected chi connectivity index (χ3v) is 4.28. The molecule has 1 amide bonds. The number of rotatable bonds is 5. The Labute approximate surface area is 158 Å². The smallest absolute Gasteiger partial charge is 0.328 e. The van der Waals surface area contributed by atoms with E-state index in [2.05, 4.69) is 10.1 Å². The Balaban J connectivity index is 1.86. The molecule has 4 nitrogen and oxygen atoms in total. The molecule has 3 aromatic rings. The number of methoxy groups -OCH3 is 1. The molecule has 0 fully saturated rings. The van der Waals surface area contributed by atoms with Crippen LogP contribution in [-0.2, 0) is 16.0 Å². The largest absolute Gasteiger partial charge is 0.467 e. The minimum atomic E-state index is -1.36. The normalized spacial score (nSPS) is 11.9. The van der Waals surface area contributed by atoms with E-state index in [0.29, 0.717) is 12.1 Å². The highest BCUT2D eigenvalue weighted by Crippen LogP contribution is 2.18. The van der Waals surface area contributed by atoms with Gasteiger partial charge >= 0.3 is 5.97 Å². The van der Waals surface area contributed by atoms with Gasteiger partial charge < -0.3 is 10.1 Å². The second kappa shape index (κ2) is 8.12. The number of nitrogens with one attached hydrogen (secondary N) is 1. The van der Waals surface area contributed by atoms with E-state index in [1.807, 2.05) is 36.4 Å². The number of esters is 1. The summed E-state index contributed by atoms with van der Waals surface area (Å²) in [5.41, 5.74) is -0.247. The molecule has 7 heteroatoms. The van der Waals surface area contributed by atoms with Crippen molar-refractivity contribution in [2.45, 2.75) is 12.5 Å². The van der Waals surface area contributed by atoms with E-state index < -0.39 is 40.9 Å². The number of benzene rings is 3. The van der Waals surface area contributed by atoms with E-state index in [1.165, 1.54) is 0 Å². The molecule has 0 spiro atoms. The van der Waals surface area contributed by atoms with E-state index in [4.69, 9.17) is 0 Å². The van der Waals surface area contributed by atoms with Gasteiger partial charge in [-0.1, -0.05) is 42.5 Å². The lowest BCUT2D eigenvalue weighted by molar-refractivity contribution is -0.142. The van der Waals surface area contributed by atoms with Crippen molar-refractivity contribution in [2.75, 3.05) is 7.11 Å². The molecule has 0 aliphatic rings. The predicted octanol–water partition coefficient (Wildman–Crippen LogP) is 3.77. The predicted molar refractivity (Wildman–Crippen MR) is 97.2 cm³/mol. The fraction of sp³-hybridized carbons (Fsp3) is 0.143. The number of hydrogen-bond donors (Lipinski definition) is 1. The first kappa shape index (κ1) is 19.4. The van der Waals surface area contributed by atoms with Gasteiger partial charge in [0.25, 0.3) is 5.91 Å². The zero-order chi connectivity index (χ0) is 20.3. The van der Waals surface area contributed by atoms with Gasteiger partial charge in [-0.15, -0.1) is 0 Å². The molecule has 0 aromatic heterocycles. The number of amides is 1. The third kappa shape index (κ3) is 4.14. The second-order valence-corrected chi connectivity index (χ2v) is 6.18. The fourth-order valence-electron chi connectivity index (χ4n) is 2.93. The van der Waals surface area contributed by atoms with E-state index in [-0.39, 0.29) is 6.42 Å². The van der Waals surface area contributed by atoms with Crippen LogP contribution in [0.2, 0.25) is 0 Å². The maximum absolute atomic E-state index is 13.8. The molecule has 0 unspecified atom stereocenters. The van der Waals surface area contributed by atoms with Gasteiger partial charge in [0.05, 0.1) is 7.11 Å². The van der Waals surface area contributed by atoms with Crippen LogP contribution in [-0.4, -0.2) is 25.0 Å². The monoisotopic (exact) mass is 387 g/mol. The minimum absolute atomic E-state index is 0.0493. The molecule has 0 heterocycles. The number of carbonyl (C=O) groups is 2. The summed E-state index contributed by atoms with van der Waals surface area (Å²) in [7, 11) is 1.14. The van der Waals surface area contributed by atoms with Gasteiger partial charge in [-0.25, -0.2) is 18.0 Å². The minimum Gasteiger partial charge on any atom is -0.467 e. The Kier molecular flexibility index (Phi) is 5.63. The molecule has 3 rings (SSSR count). The molecular weight excluding hydrogens is 371 g/mol. The van der Waals surface area contributed by atoms with Crippen molar-refractivity contribution in [3.63, 3.8) is 0 Å². The first-order valence-electron chi connectivity index (χ1n) is 8.40. The van der Waals surface area contributed by atoms with Crippen LogP contribution in [0.4, 0.5) is 13.2 Å². The van der Waals surface area contributed by atoms with Gasteiger partial charge in [-0.05, 0) is 16.3 Å². The molecule has 0 saturated carbocycles. The van der Waals surface area contributed by atoms with Gasteiger partial charge in [0.15, 0.2) is 0 Å². The molecule has 1 N–H and O–H groups in total. The maximum atomic E-state index is 13.8. The van der Waals surface area contributed by atoms with Crippen molar-refractivity contribution in [1.29, 1.82) is 0 Å². The van der Waals surface area contributed by atoms with Gasteiger partial charge in [-0.3, -0.25) is 4.79 Å². The Hall–Kier alpha value is -3.35. The topological polar surface area (TPSA) is 55.4 Å². The van der Waals surface area contributed by atoms with Crippen molar-refractivity contribution in [3.8, 4) is 0 Å². The first-order chi connectivity index (χ1) is 13.4. The summed E-state index contributed by atoms with van der Waals surface area (Å²) in [5.74, 6) is -5.81. The summed E-state index contributed by atoms with van der Waals surface area (Å²) in [6.45, 7) is 0. The molecule has 0 bridgehead atoms. The summed E-state index contributed by atoms with van der Waals surface area (Å²) >= 11 is 0. The number of carbonyl (C=O) groups excluding carboxylic acids is 2. The molecule has 1 atom stereocenters. The van der Waals surface area contributed by atoms with E-state index >= 15 is 0 Å². The van der Waals surface area contributed by atoms with Crippen LogP contribution < -0.4 is 5.32 Å². The number of ether oxygens (including phenoxy) is 1. The molecule has 0 saturated heterocycles. The summed E-state index contributed by atoms with van der Waals surface area (Å²) in [4.78, 5) is 24.4. The van der Waals surface area contributed by atoms with Gasteiger partial charge in [0.2, 0.25) is 0 Å². The van der Waals surface area contributed by atoms with E-state index in [1.54, 1.807) is 6.07 Å². The first-order valence-corrected chi connectivity index (χ1v) is 8.40. The summed E-state index contributed by atoms with van der Waals surface area (Å²) < 4.78 is 45.4. The van der Waals surface area contributed by atoms with Crippen molar-refractivity contribution in [3.05, 3.63) is 83.2 Å². The van der Waals surface area contributed by atoms with Crippen LogP contribution in [0.1, 0.15) is 15.9 Å². The lowest BCUT2D eigenvalue weighted by Gasteiger charge is -2.17. The summed E-state index contributed by atoms with van der Waals surface area (Å²) in [5, 5.41) is 4.20. The molecule has 0 radical (unpaired) electrons. The highest BCUT2D eigenvalue weighted by atomic mass is 19.1. The summed E-state index contributed by atoms with van der Waals surface area (Å²) in [6.07, 6.45) is 0.0493. The molecule has 0 aliphatic heterocycles.